The van der Waals surface area contributed by atoms with Crippen LogP contribution in [0.15, 0.2) is 42.7 Å². The molecule has 1 saturated heterocycles. The van der Waals surface area contributed by atoms with E-state index in [1.54, 1.807) is 7.11 Å². The van der Waals surface area contributed by atoms with E-state index in [-0.39, 0.29) is 11.8 Å². The lowest BCUT2D eigenvalue weighted by Crippen LogP contribution is -2.40. The third-order valence-electron chi connectivity index (χ3n) is 5.53. The minimum atomic E-state index is 0.105. The minimum Gasteiger partial charge on any atom is -0.383 e. The van der Waals surface area contributed by atoms with Crippen molar-refractivity contribution in [3.63, 3.8) is 0 Å². The highest BCUT2D eigenvalue weighted by molar-refractivity contribution is 5.98. The molecular formula is C21H26N4O2. The predicted molar refractivity (Wildman–Crippen MR) is 105 cm³/mol. The Kier molecular flexibility index (Phi) is 4.99. The summed E-state index contributed by atoms with van der Waals surface area (Å²) in [5.74, 6) is 1.43. The lowest BCUT2D eigenvalue weighted by atomic mass is 9.96. The molecule has 1 aliphatic rings. The molecule has 1 fully saturated rings. The summed E-state index contributed by atoms with van der Waals surface area (Å²) in [5.41, 5.74) is 1.84. The van der Waals surface area contributed by atoms with Gasteiger partial charge in [0.1, 0.15) is 11.5 Å². The molecule has 6 nitrogen and oxygen atoms in total. The van der Waals surface area contributed by atoms with Crippen LogP contribution in [0.2, 0.25) is 0 Å². The van der Waals surface area contributed by atoms with Crippen LogP contribution in [0.4, 0.5) is 0 Å². The van der Waals surface area contributed by atoms with Gasteiger partial charge in [-0.05, 0) is 25.0 Å². The molecular weight excluding hydrogens is 340 g/mol. The van der Waals surface area contributed by atoms with Crippen molar-refractivity contribution in [1.82, 2.24) is 19.0 Å². The predicted octanol–water partition coefficient (Wildman–Crippen LogP) is 3.04. The summed E-state index contributed by atoms with van der Waals surface area (Å²) >= 11 is 0. The number of piperidine rings is 1. The van der Waals surface area contributed by atoms with E-state index >= 15 is 0 Å². The van der Waals surface area contributed by atoms with Crippen molar-refractivity contribution in [3.05, 3.63) is 54.2 Å². The minimum absolute atomic E-state index is 0.105. The SMILES string of the molecule is COCCn1ccnc1[C@H]1CCCN(C(=O)c2cc3ccccc3n2C)C1. The van der Waals surface area contributed by atoms with Gasteiger partial charge in [0.25, 0.3) is 5.91 Å². The molecule has 3 heterocycles. The fourth-order valence-corrected chi connectivity index (χ4v) is 4.09. The van der Waals surface area contributed by atoms with Gasteiger partial charge in [-0.3, -0.25) is 4.79 Å². The molecule has 142 valence electrons. The summed E-state index contributed by atoms with van der Waals surface area (Å²) in [5, 5.41) is 1.10. The lowest BCUT2D eigenvalue weighted by Gasteiger charge is -2.32. The van der Waals surface area contributed by atoms with Crippen molar-refractivity contribution in [3.8, 4) is 0 Å². The van der Waals surface area contributed by atoms with E-state index in [4.69, 9.17) is 4.74 Å². The number of hydrogen-bond acceptors (Lipinski definition) is 3. The van der Waals surface area contributed by atoms with Gasteiger partial charge in [0.05, 0.1) is 6.61 Å². The number of rotatable bonds is 5. The van der Waals surface area contributed by atoms with Crippen LogP contribution in [0.1, 0.15) is 35.1 Å². The van der Waals surface area contributed by atoms with Crippen molar-refractivity contribution in [2.75, 3.05) is 26.8 Å². The molecule has 0 radical (unpaired) electrons. The average molecular weight is 366 g/mol. The van der Waals surface area contributed by atoms with Crippen LogP contribution in [0, 0.1) is 0 Å². The highest BCUT2D eigenvalue weighted by atomic mass is 16.5. The average Bonchev–Trinajstić information content (AvgIpc) is 3.31. The molecule has 1 atom stereocenters. The van der Waals surface area contributed by atoms with E-state index in [1.807, 2.05) is 47.1 Å². The molecule has 4 rings (SSSR count). The number of aryl methyl sites for hydroxylation is 1. The van der Waals surface area contributed by atoms with Crippen LogP contribution in [-0.4, -0.2) is 51.7 Å². The lowest BCUT2D eigenvalue weighted by molar-refractivity contribution is 0.0693. The first-order valence-corrected chi connectivity index (χ1v) is 9.52. The van der Waals surface area contributed by atoms with E-state index in [1.165, 1.54) is 0 Å². The zero-order valence-corrected chi connectivity index (χ0v) is 16.0. The van der Waals surface area contributed by atoms with Crippen molar-refractivity contribution < 1.29 is 9.53 Å². The normalized spacial score (nSPS) is 17.6. The zero-order valence-electron chi connectivity index (χ0n) is 16.0. The Labute approximate surface area is 159 Å². The van der Waals surface area contributed by atoms with Crippen LogP contribution in [-0.2, 0) is 18.3 Å². The van der Waals surface area contributed by atoms with Gasteiger partial charge in [0.2, 0.25) is 0 Å². The molecule has 3 aromatic rings. The van der Waals surface area contributed by atoms with Crippen LogP contribution in [0.3, 0.4) is 0 Å². The Balaban J connectivity index is 1.55. The first-order valence-electron chi connectivity index (χ1n) is 9.52. The summed E-state index contributed by atoms with van der Waals surface area (Å²) in [7, 11) is 3.68. The Morgan fingerprint density at radius 2 is 2.19 bits per heavy atom. The third-order valence-corrected chi connectivity index (χ3v) is 5.53. The maximum absolute atomic E-state index is 13.2. The second-order valence-corrected chi connectivity index (χ2v) is 7.21. The Hall–Kier alpha value is -2.60. The van der Waals surface area contributed by atoms with E-state index in [9.17, 15) is 4.79 Å². The number of imidazole rings is 1. The summed E-state index contributed by atoms with van der Waals surface area (Å²) < 4.78 is 9.35. The van der Waals surface area contributed by atoms with Crippen molar-refractivity contribution >= 4 is 16.8 Å². The fraction of sp³-hybridized carbons (Fsp3) is 0.429. The molecule has 1 aromatic carbocycles. The number of methoxy groups -OCH3 is 1. The van der Waals surface area contributed by atoms with E-state index in [2.05, 4.69) is 21.7 Å². The second kappa shape index (κ2) is 7.56. The second-order valence-electron chi connectivity index (χ2n) is 7.21. The summed E-state index contributed by atoms with van der Waals surface area (Å²) in [6.45, 7) is 2.97. The largest absolute Gasteiger partial charge is 0.383 e. The maximum atomic E-state index is 13.2. The van der Waals surface area contributed by atoms with Gasteiger partial charge in [-0.25, -0.2) is 4.98 Å². The van der Waals surface area contributed by atoms with Crippen molar-refractivity contribution in [2.24, 2.45) is 7.05 Å². The highest BCUT2D eigenvalue weighted by Gasteiger charge is 2.29. The van der Waals surface area contributed by atoms with Gasteiger partial charge in [0, 0.05) is 63.0 Å². The van der Waals surface area contributed by atoms with Gasteiger partial charge >= 0.3 is 0 Å². The number of aromatic nitrogens is 3. The number of ether oxygens (including phenoxy) is 1. The molecule has 0 unspecified atom stereocenters. The fourth-order valence-electron chi connectivity index (χ4n) is 4.09. The summed E-state index contributed by atoms with van der Waals surface area (Å²) in [6, 6.07) is 10.1. The Morgan fingerprint density at radius 3 is 3.00 bits per heavy atom. The van der Waals surface area contributed by atoms with Gasteiger partial charge < -0.3 is 18.8 Å². The number of carbonyl (C=O) groups is 1. The number of nitrogens with zero attached hydrogens (tertiary/aromatic N) is 4. The zero-order chi connectivity index (χ0) is 18.8. The number of benzene rings is 1. The number of fused-ring (bicyclic) bond motifs is 1. The Morgan fingerprint density at radius 1 is 1.33 bits per heavy atom. The summed E-state index contributed by atoms with van der Waals surface area (Å²) in [6.07, 6.45) is 5.90. The molecule has 0 spiro atoms. The number of amides is 1. The number of hydrogen-bond donors (Lipinski definition) is 0. The quantitative estimate of drug-likeness (QED) is 0.697. The van der Waals surface area contributed by atoms with E-state index in [0.29, 0.717) is 13.2 Å². The van der Waals surface area contributed by atoms with Crippen molar-refractivity contribution in [1.29, 1.82) is 0 Å². The van der Waals surface area contributed by atoms with E-state index in [0.717, 1.165) is 48.4 Å². The Bertz CT molecular complexity index is 943. The molecule has 6 heteroatoms. The van der Waals surface area contributed by atoms with Crippen LogP contribution >= 0.6 is 0 Å². The smallest absolute Gasteiger partial charge is 0.270 e. The van der Waals surface area contributed by atoms with Crippen LogP contribution < -0.4 is 0 Å². The van der Waals surface area contributed by atoms with Gasteiger partial charge in [-0.2, -0.15) is 0 Å². The number of para-hydroxylation sites is 1. The van der Waals surface area contributed by atoms with Gasteiger partial charge in [0.15, 0.2) is 0 Å². The highest BCUT2D eigenvalue weighted by Crippen LogP contribution is 2.28. The van der Waals surface area contributed by atoms with Crippen LogP contribution in [0.5, 0.6) is 0 Å². The standard InChI is InChI=1S/C21H26N4O2/c1-23-18-8-4-3-6-16(18)14-19(23)21(26)25-10-5-7-17(15-25)20-22-9-11-24(20)12-13-27-2/h3-4,6,8-9,11,14,17H,5,7,10,12-13,15H2,1-2H3/t17-/m0/s1. The molecule has 27 heavy (non-hydrogen) atoms. The molecule has 0 bridgehead atoms. The van der Waals surface area contributed by atoms with E-state index < -0.39 is 0 Å². The molecule has 0 saturated carbocycles. The number of carbonyl (C=O) groups excluding carboxylic acids is 1. The van der Waals surface area contributed by atoms with Crippen molar-refractivity contribution in [2.45, 2.75) is 25.3 Å². The molecule has 2 aromatic heterocycles. The van der Waals surface area contributed by atoms with Gasteiger partial charge in [-0.15, -0.1) is 0 Å². The molecule has 1 aliphatic heterocycles. The van der Waals surface area contributed by atoms with Crippen LogP contribution in [0.25, 0.3) is 10.9 Å². The van der Waals surface area contributed by atoms with Gasteiger partial charge in [-0.1, -0.05) is 18.2 Å². The first-order chi connectivity index (χ1) is 13.2. The molecule has 0 N–H and O–H groups in total. The third kappa shape index (κ3) is 3.37. The first kappa shape index (κ1) is 17.8. The molecule has 1 amide bonds. The maximum Gasteiger partial charge on any atom is 0.270 e. The molecule has 0 aliphatic carbocycles. The topological polar surface area (TPSA) is 52.3 Å². The summed E-state index contributed by atoms with van der Waals surface area (Å²) in [4.78, 5) is 19.8. The number of likely N-dealkylation sites (tertiary alicyclic amines) is 1. The monoisotopic (exact) mass is 366 g/mol.